The summed E-state index contributed by atoms with van der Waals surface area (Å²) in [7, 11) is 0. The van der Waals surface area contributed by atoms with Crippen molar-refractivity contribution in [1.82, 2.24) is 9.97 Å². The fraction of sp³-hybridized carbons (Fsp3) is 0.269. The number of hydrogen-bond acceptors (Lipinski definition) is 7. The second-order valence-corrected chi connectivity index (χ2v) is 9.23. The largest absolute Gasteiger partial charge is 0.462 e. The monoisotopic (exact) mass is 440 g/mol. The van der Waals surface area contributed by atoms with Crippen LogP contribution in [-0.2, 0) is 15.0 Å². The second kappa shape index (κ2) is 7.15. The van der Waals surface area contributed by atoms with E-state index in [1.54, 1.807) is 12.4 Å². The van der Waals surface area contributed by atoms with Crippen LogP contribution in [-0.4, -0.2) is 34.8 Å². The Morgan fingerprint density at radius 2 is 1.61 bits per heavy atom. The lowest BCUT2D eigenvalue weighted by Gasteiger charge is -2.35. The van der Waals surface area contributed by atoms with Crippen LogP contribution in [0, 0.1) is 0 Å². The Hall–Kier alpha value is -3.71. The number of rotatable bonds is 2. The van der Waals surface area contributed by atoms with Crippen molar-refractivity contribution >= 4 is 11.6 Å². The highest BCUT2D eigenvalue weighted by molar-refractivity contribution is 5.79. The zero-order valence-corrected chi connectivity index (χ0v) is 18.5. The lowest BCUT2D eigenvalue weighted by Crippen LogP contribution is -2.31. The van der Waals surface area contributed by atoms with Crippen molar-refractivity contribution in [1.29, 1.82) is 0 Å². The van der Waals surface area contributed by atoms with E-state index in [2.05, 4.69) is 48.1 Å². The van der Waals surface area contributed by atoms with Gasteiger partial charge in [0.05, 0.1) is 12.2 Å². The van der Waals surface area contributed by atoms with Crippen molar-refractivity contribution in [2.24, 2.45) is 10.7 Å². The molecule has 2 aromatic carbocycles. The number of aliphatic imine (C=N–C) groups is 1. The maximum absolute atomic E-state index is 6.33. The zero-order valence-electron chi connectivity index (χ0n) is 18.5. The predicted molar refractivity (Wildman–Crippen MR) is 125 cm³/mol. The Kier molecular flexibility index (Phi) is 4.32. The van der Waals surface area contributed by atoms with E-state index in [4.69, 9.17) is 24.9 Å². The summed E-state index contributed by atoms with van der Waals surface area (Å²) in [5, 5.41) is 0. The molecule has 0 bridgehead atoms. The molecule has 0 fully saturated rings. The van der Waals surface area contributed by atoms with E-state index >= 15 is 0 Å². The summed E-state index contributed by atoms with van der Waals surface area (Å²) in [4.78, 5) is 13.1. The minimum atomic E-state index is -0.782. The first-order chi connectivity index (χ1) is 15.9. The normalized spacial score (nSPS) is 22.5. The van der Waals surface area contributed by atoms with E-state index in [-0.39, 0.29) is 11.6 Å². The average molecular weight is 441 g/mol. The van der Waals surface area contributed by atoms with E-state index in [1.807, 2.05) is 18.2 Å². The highest BCUT2D eigenvalue weighted by atomic mass is 16.5. The molecule has 7 heteroatoms. The smallest absolute Gasteiger partial charge is 0.283 e. The van der Waals surface area contributed by atoms with Crippen LogP contribution in [0.1, 0.15) is 37.0 Å². The molecule has 0 saturated heterocycles. The van der Waals surface area contributed by atoms with Gasteiger partial charge in [-0.2, -0.15) is 0 Å². The van der Waals surface area contributed by atoms with Gasteiger partial charge in [-0.25, -0.2) is 15.0 Å². The van der Waals surface area contributed by atoms with Crippen LogP contribution in [0.2, 0.25) is 0 Å². The fourth-order valence-corrected chi connectivity index (χ4v) is 4.85. The molecule has 0 unspecified atom stereocenters. The molecule has 3 aliphatic heterocycles. The number of nitrogens with zero attached hydrogens (tertiary/aromatic N) is 3. The Balaban J connectivity index is 1.51. The maximum Gasteiger partial charge on any atom is 0.283 e. The van der Waals surface area contributed by atoms with E-state index in [0.717, 1.165) is 45.7 Å². The summed E-state index contributed by atoms with van der Waals surface area (Å²) < 4.78 is 17.9. The molecule has 6 rings (SSSR count). The Labute approximate surface area is 192 Å². The topological polar surface area (TPSA) is 91.9 Å². The summed E-state index contributed by atoms with van der Waals surface area (Å²) in [6.07, 6.45) is 8.08. The van der Waals surface area contributed by atoms with Crippen molar-refractivity contribution < 1.29 is 14.2 Å². The van der Waals surface area contributed by atoms with Gasteiger partial charge >= 0.3 is 0 Å². The summed E-state index contributed by atoms with van der Waals surface area (Å²) >= 11 is 0. The molecule has 1 spiro atoms. The Bertz CT molecular complexity index is 1320. The summed E-state index contributed by atoms with van der Waals surface area (Å²) in [6.45, 7) is 5.14. The Morgan fingerprint density at radius 3 is 2.27 bits per heavy atom. The molecule has 0 aliphatic carbocycles. The van der Waals surface area contributed by atoms with Crippen molar-refractivity contribution in [3.8, 4) is 22.6 Å². The third-order valence-corrected chi connectivity index (χ3v) is 6.48. The summed E-state index contributed by atoms with van der Waals surface area (Å²) in [5.74, 6) is 1.50. The van der Waals surface area contributed by atoms with Gasteiger partial charge in [0.25, 0.3) is 6.02 Å². The first-order valence-corrected chi connectivity index (χ1v) is 11.0. The summed E-state index contributed by atoms with van der Waals surface area (Å²) in [5.41, 5.74) is 11.2. The minimum absolute atomic E-state index is 0.180. The zero-order chi connectivity index (χ0) is 22.6. The van der Waals surface area contributed by atoms with Crippen molar-refractivity contribution in [2.45, 2.75) is 31.4 Å². The molecule has 166 valence electrons. The lowest BCUT2D eigenvalue weighted by molar-refractivity contribution is -0.00298. The lowest BCUT2D eigenvalue weighted by atomic mass is 9.79. The molecule has 0 saturated carbocycles. The van der Waals surface area contributed by atoms with Gasteiger partial charge in [-0.05, 0) is 54.8 Å². The predicted octanol–water partition coefficient (Wildman–Crippen LogP) is 4.42. The van der Waals surface area contributed by atoms with Crippen LogP contribution in [0.15, 0.2) is 66.2 Å². The standard InChI is InChI=1S/C26H24N4O3/c1-25(2)11-18(7-8-32-25)16-3-5-22-20(9-16)26(14-31-24(27)30-26)21-10-17(4-6-23(21)33-22)19-12-28-15-29-13-19/h3-7,9-10,12-13,15H,8,11,14H2,1-2H3,(H2,27,30)/t26-/m1/s1. The van der Waals surface area contributed by atoms with Gasteiger partial charge in [0.15, 0.2) is 5.54 Å². The number of aromatic nitrogens is 2. The van der Waals surface area contributed by atoms with Gasteiger partial charge < -0.3 is 19.9 Å². The number of fused-ring (bicyclic) bond motifs is 4. The number of amidine groups is 1. The van der Waals surface area contributed by atoms with Crippen LogP contribution in [0.5, 0.6) is 11.5 Å². The van der Waals surface area contributed by atoms with E-state index in [1.165, 1.54) is 11.9 Å². The molecular weight excluding hydrogens is 416 g/mol. The molecule has 4 heterocycles. The van der Waals surface area contributed by atoms with Gasteiger partial charge in [0.2, 0.25) is 0 Å². The molecule has 1 aromatic heterocycles. The third-order valence-electron chi connectivity index (χ3n) is 6.48. The van der Waals surface area contributed by atoms with Gasteiger partial charge in [-0.1, -0.05) is 18.2 Å². The number of ether oxygens (including phenoxy) is 3. The van der Waals surface area contributed by atoms with Gasteiger partial charge in [0.1, 0.15) is 24.4 Å². The number of nitrogens with two attached hydrogens (primary N) is 1. The first-order valence-electron chi connectivity index (χ1n) is 11.0. The molecule has 0 amide bonds. The van der Waals surface area contributed by atoms with Gasteiger partial charge in [-0.3, -0.25) is 0 Å². The van der Waals surface area contributed by atoms with Crippen molar-refractivity contribution in [2.75, 3.05) is 13.2 Å². The SMILES string of the molecule is CC1(C)CC(c2ccc3c(c2)[C@]2(COC(N)=N2)c2cc(-c4cncnc4)ccc2O3)=CCO1. The summed E-state index contributed by atoms with van der Waals surface area (Å²) in [6, 6.07) is 12.5. The highest BCUT2D eigenvalue weighted by Gasteiger charge is 2.47. The van der Waals surface area contributed by atoms with Crippen LogP contribution in [0.25, 0.3) is 16.7 Å². The minimum Gasteiger partial charge on any atom is -0.462 e. The average Bonchev–Trinajstić information content (AvgIpc) is 3.21. The van der Waals surface area contributed by atoms with Crippen molar-refractivity contribution in [3.63, 3.8) is 0 Å². The molecule has 7 nitrogen and oxygen atoms in total. The van der Waals surface area contributed by atoms with E-state index in [9.17, 15) is 0 Å². The molecule has 0 radical (unpaired) electrons. The van der Waals surface area contributed by atoms with Crippen LogP contribution < -0.4 is 10.5 Å². The number of benzene rings is 2. The fourth-order valence-electron chi connectivity index (χ4n) is 4.85. The quantitative estimate of drug-likeness (QED) is 0.634. The first kappa shape index (κ1) is 19.9. The van der Waals surface area contributed by atoms with Gasteiger partial charge in [0, 0.05) is 35.5 Å². The van der Waals surface area contributed by atoms with Crippen LogP contribution in [0.3, 0.4) is 0 Å². The van der Waals surface area contributed by atoms with E-state index < -0.39 is 5.54 Å². The molecule has 1 atom stereocenters. The third kappa shape index (κ3) is 3.27. The molecular formula is C26H24N4O3. The van der Waals surface area contributed by atoms with Crippen molar-refractivity contribution in [3.05, 3.63) is 77.9 Å². The van der Waals surface area contributed by atoms with Gasteiger partial charge in [-0.15, -0.1) is 0 Å². The van der Waals surface area contributed by atoms with Crippen LogP contribution in [0.4, 0.5) is 0 Å². The highest BCUT2D eigenvalue weighted by Crippen LogP contribution is 2.52. The molecule has 2 N–H and O–H groups in total. The second-order valence-electron chi connectivity index (χ2n) is 9.23. The molecule has 3 aromatic rings. The molecule has 3 aliphatic rings. The van der Waals surface area contributed by atoms with E-state index in [0.29, 0.717) is 13.2 Å². The number of hydrogen-bond donors (Lipinski definition) is 1. The van der Waals surface area contributed by atoms with Crippen LogP contribution >= 0.6 is 0 Å². The molecule has 33 heavy (non-hydrogen) atoms. The Morgan fingerprint density at radius 1 is 0.909 bits per heavy atom. The maximum atomic E-state index is 6.33.